The van der Waals surface area contributed by atoms with Gasteiger partial charge < -0.3 is 15.0 Å². The second-order valence-electron chi connectivity index (χ2n) is 10.4. The van der Waals surface area contributed by atoms with Crippen molar-refractivity contribution in [2.75, 3.05) is 57.4 Å². The van der Waals surface area contributed by atoms with Gasteiger partial charge in [0.2, 0.25) is 0 Å². The predicted octanol–water partition coefficient (Wildman–Crippen LogP) is 2.48. The molecule has 0 spiro atoms. The van der Waals surface area contributed by atoms with Crippen molar-refractivity contribution in [2.45, 2.75) is 69.4 Å². The lowest BCUT2D eigenvalue weighted by Gasteiger charge is -2.46. The molecule has 3 fully saturated rings. The minimum Gasteiger partial charge on any atom is -0.379 e. The quantitative estimate of drug-likeness (QED) is 0.661. The molecule has 7 nitrogen and oxygen atoms in total. The van der Waals surface area contributed by atoms with E-state index in [1.807, 2.05) is 28.4 Å². The first-order chi connectivity index (χ1) is 16.2. The fourth-order valence-electron chi connectivity index (χ4n) is 6.42. The van der Waals surface area contributed by atoms with Crippen molar-refractivity contribution in [3.63, 3.8) is 0 Å². The van der Waals surface area contributed by atoms with Crippen LogP contribution in [-0.2, 0) is 24.6 Å². The van der Waals surface area contributed by atoms with E-state index in [0.29, 0.717) is 11.7 Å². The van der Waals surface area contributed by atoms with Crippen LogP contribution >= 0.6 is 11.8 Å². The molecule has 2 aliphatic carbocycles. The van der Waals surface area contributed by atoms with Gasteiger partial charge in [-0.15, -0.1) is 0 Å². The van der Waals surface area contributed by atoms with Crippen LogP contribution in [0.1, 0.15) is 66.7 Å². The van der Waals surface area contributed by atoms with Gasteiger partial charge >= 0.3 is 0 Å². The lowest BCUT2D eigenvalue weighted by molar-refractivity contribution is -0.0297. The highest BCUT2D eigenvalue weighted by Gasteiger charge is 2.39. The van der Waals surface area contributed by atoms with Gasteiger partial charge in [0.15, 0.2) is 5.69 Å². The summed E-state index contributed by atoms with van der Waals surface area (Å²) in [6.07, 6.45) is 11.1. The standard InChI is InChI=1S/C25H41N5O2S/c1-28-22-7-6-20(18-21(22)23(27-28)24(31)29-12-16-33-17-13-29)26-19-25(8-4-2-3-5-9-25)30-10-14-32-15-11-30/h20,26H,2-19H2,1H3/t20-/m1/s1. The number of carbonyl (C=O) groups is 1. The number of rotatable bonds is 5. The summed E-state index contributed by atoms with van der Waals surface area (Å²) >= 11 is 1.94. The summed E-state index contributed by atoms with van der Waals surface area (Å²) in [4.78, 5) is 18.0. The van der Waals surface area contributed by atoms with Gasteiger partial charge in [-0.25, -0.2) is 0 Å². The SMILES string of the molecule is Cn1nc(C(=O)N2CCSCC2)c2c1CC[C@@H](NCC1(N3CCOCC3)CCCCCC1)C2. The zero-order chi connectivity index (χ0) is 22.7. The molecule has 1 aromatic rings. The molecule has 1 N–H and O–H groups in total. The number of aromatic nitrogens is 2. The Morgan fingerprint density at radius 2 is 1.85 bits per heavy atom. The summed E-state index contributed by atoms with van der Waals surface area (Å²) in [7, 11) is 2.01. The Bertz CT molecular complexity index is 808. The molecule has 0 bridgehead atoms. The zero-order valence-electron chi connectivity index (χ0n) is 20.3. The van der Waals surface area contributed by atoms with Gasteiger partial charge in [-0.1, -0.05) is 25.7 Å². The van der Waals surface area contributed by atoms with Gasteiger partial charge in [-0.2, -0.15) is 16.9 Å². The summed E-state index contributed by atoms with van der Waals surface area (Å²) in [6.45, 7) is 6.60. The van der Waals surface area contributed by atoms with Crippen LogP contribution in [0.4, 0.5) is 0 Å². The third kappa shape index (κ3) is 5.14. The molecule has 1 amide bonds. The number of morpholine rings is 1. The number of carbonyl (C=O) groups excluding carboxylic acids is 1. The first-order valence-electron chi connectivity index (χ1n) is 13.1. The van der Waals surface area contributed by atoms with E-state index in [2.05, 4.69) is 10.2 Å². The molecule has 33 heavy (non-hydrogen) atoms. The molecule has 1 aromatic heterocycles. The number of nitrogens with one attached hydrogen (secondary N) is 1. The predicted molar refractivity (Wildman–Crippen MR) is 133 cm³/mol. The van der Waals surface area contributed by atoms with Crippen molar-refractivity contribution < 1.29 is 9.53 Å². The van der Waals surface area contributed by atoms with E-state index in [-0.39, 0.29) is 11.4 Å². The summed E-state index contributed by atoms with van der Waals surface area (Å²) < 4.78 is 7.65. The van der Waals surface area contributed by atoms with Crippen molar-refractivity contribution >= 4 is 17.7 Å². The smallest absolute Gasteiger partial charge is 0.274 e. The van der Waals surface area contributed by atoms with Crippen LogP contribution in [-0.4, -0.2) is 94.5 Å². The van der Waals surface area contributed by atoms with Gasteiger partial charge in [-0.05, 0) is 32.1 Å². The minimum atomic E-state index is 0.140. The van der Waals surface area contributed by atoms with Crippen molar-refractivity contribution in [3.8, 4) is 0 Å². The summed E-state index contributed by atoms with van der Waals surface area (Å²) in [5, 5.41) is 8.73. The third-order valence-corrected chi connectivity index (χ3v) is 9.33. The molecule has 0 aromatic carbocycles. The fourth-order valence-corrected chi connectivity index (χ4v) is 7.32. The highest BCUT2D eigenvalue weighted by Crippen LogP contribution is 2.34. The van der Waals surface area contributed by atoms with E-state index >= 15 is 0 Å². The molecular formula is C25H41N5O2S. The zero-order valence-corrected chi connectivity index (χ0v) is 21.1. The summed E-state index contributed by atoms with van der Waals surface area (Å²) in [5.74, 6) is 2.21. The third-order valence-electron chi connectivity index (χ3n) is 8.39. The molecule has 3 heterocycles. The van der Waals surface area contributed by atoms with E-state index in [0.717, 1.165) is 76.7 Å². The number of nitrogens with zero attached hydrogens (tertiary/aromatic N) is 4. The number of hydrogen-bond acceptors (Lipinski definition) is 6. The Labute approximate surface area is 203 Å². The molecule has 8 heteroatoms. The first-order valence-corrected chi connectivity index (χ1v) is 14.3. The molecule has 4 aliphatic rings. The van der Waals surface area contributed by atoms with Gasteiger partial charge in [0.25, 0.3) is 5.91 Å². The molecule has 0 radical (unpaired) electrons. The van der Waals surface area contributed by atoms with Crippen molar-refractivity contribution in [1.29, 1.82) is 0 Å². The Morgan fingerprint density at radius 1 is 1.12 bits per heavy atom. The van der Waals surface area contributed by atoms with Crippen molar-refractivity contribution in [3.05, 3.63) is 17.0 Å². The molecule has 1 saturated carbocycles. The van der Waals surface area contributed by atoms with Gasteiger partial charge in [0, 0.05) is 74.1 Å². The van der Waals surface area contributed by atoms with E-state index < -0.39 is 0 Å². The van der Waals surface area contributed by atoms with Crippen LogP contribution in [0.25, 0.3) is 0 Å². The molecule has 2 aliphatic heterocycles. The highest BCUT2D eigenvalue weighted by atomic mass is 32.2. The average Bonchev–Trinajstić information content (AvgIpc) is 3.03. The van der Waals surface area contributed by atoms with Crippen LogP contribution in [0.2, 0.25) is 0 Å². The van der Waals surface area contributed by atoms with Gasteiger partial charge in [0.1, 0.15) is 0 Å². The number of thioether (sulfide) groups is 1. The number of aryl methyl sites for hydroxylation is 1. The molecule has 1 atom stereocenters. The van der Waals surface area contributed by atoms with E-state index in [1.54, 1.807) is 0 Å². The van der Waals surface area contributed by atoms with Crippen LogP contribution in [0.3, 0.4) is 0 Å². The fraction of sp³-hybridized carbons (Fsp3) is 0.840. The molecule has 2 saturated heterocycles. The van der Waals surface area contributed by atoms with Crippen LogP contribution < -0.4 is 5.32 Å². The van der Waals surface area contributed by atoms with Crippen LogP contribution in [0.15, 0.2) is 0 Å². The van der Waals surface area contributed by atoms with Gasteiger partial charge in [0.05, 0.1) is 13.2 Å². The van der Waals surface area contributed by atoms with Crippen molar-refractivity contribution in [1.82, 2.24) is 24.9 Å². The normalized spacial score (nSPS) is 26.6. The Hall–Kier alpha value is -1.09. The van der Waals surface area contributed by atoms with E-state index in [4.69, 9.17) is 9.84 Å². The van der Waals surface area contributed by atoms with Crippen molar-refractivity contribution in [2.24, 2.45) is 7.05 Å². The Kier molecular flexibility index (Phi) is 7.64. The summed E-state index contributed by atoms with van der Waals surface area (Å²) in [5.41, 5.74) is 3.44. The number of fused-ring (bicyclic) bond motifs is 1. The van der Waals surface area contributed by atoms with Gasteiger partial charge in [-0.3, -0.25) is 14.4 Å². The monoisotopic (exact) mass is 475 g/mol. The van der Waals surface area contributed by atoms with E-state index in [9.17, 15) is 4.79 Å². The lowest BCUT2D eigenvalue weighted by atomic mass is 9.85. The topological polar surface area (TPSA) is 62.6 Å². The highest BCUT2D eigenvalue weighted by molar-refractivity contribution is 7.99. The molecule has 0 unspecified atom stereocenters. The number of hydrogen-bond donors (Lipinski definition) is 1. The maximum atomic E-state index is 13.3. The second-order valence-corrected chi connectivity index (χ2v) is 11.6. The Morgan fingerprint density at radius 3 is 2.58 bits per heavy atom. The molecule has 184 valence electrons. The second kappa shape index (κ2) is 10.7. The maximum Gasteiger partial charge on any atom is 0.274 e. The van der Waals surface area contributed by atoms with E-state index in [1.165, 1.54) is 49.8 Å². The lowest BCUT2D eigenvalue weighted by Crippen LogP contribution is -2.59. The summed E-state index contributed by atoms with van der Waals surface area (Å²) in [6, 6.07) is 0.423. The van der Waals surface area contributed by atoms with Crippen LogP contribution in [0, 0.1) is 0 Å². The minimum absolute atomic E-state index is 0.140. The molecule has 5 rings (SSSR count). The molecular weight excluding hydrogens is 434 g/mol. The first kappa shape index (κ1) is 23.6. The average molecular weight is 476 g/mol. The van der Waals surface area contributed by atoms with Crippen LogP contribution in [0.5, 0.6) is 0 Å². The number of amides is 1. The number of ether oxygens (including phenoxy) is 1. The maximum absolute atomic E-state index is 13.3. The largest absolute Gasteiger partial charge is 0.379 e. The Balaban J connectivity index is 1.29.